The van der Waals surface area contributed by atoms with E-state index in [9.17, 15) is 9.59 Å². The number of hydrogen-bond donors (Lipinski definition) is 0. The highest BCUT2D eigenvalue weighted by molar-refractivity contribution is 9.09. The molecule has 0 atom stereocenters. The van der Waals surface area contributed by atoms with Crippen molar-refractivity contribution >= 4 is 27.6 Å². The number of hydrogen-bond acceptors (Lipinski definition) is 3. The van der Waals surface area contributed by atoms with Crippen LogP contribution in [0, 0.1) is 0 Å². The Kier molecular flexibility index (Phi) is 4.02. The van der Waals surface area contributed by atoms with Crippen LogP contribution in [0.1, 0.15) is 36.0 Å². The van der Waals surface area contributed by atoms with E-state index in [0.29, 0.717) is 42.6 Å². The molecule has 0 saturated carbocycles. The van der Waals surface area contributed by atoms with Gasteiger partial charge in [-0.1, -0.05) is 28.1 Å². The maximum absolute atomic E-state index is 12.3. The van der Waals surface area contributed by atoms with Crippen LogP contribution in [-0.4, -0.2) is 40.6 Å². The van der Waals surface area contributed by atoms with Gasteiger partial charge in [0.25, 0.3) is 0 Å². The van der Waals surface area contributed by atoms with Crippen LogP contribution in [0.25, 0.3) is 0 Å². The highest BCUT2D eigenvalue weighted by Crippen LogP contribution is 2.39. The molecule has 1 spiro atoms. The van der Waals surface area contributed by atoms with Crippen molar-refractivity contribution in [3.63, 3.8) is 0 Å². The van der Waals surface area contributed by atoms with E-state index in [4.69, 9.17) is 4.74 Å². The van der Waals surface area contributed by atoms with Gasteiger partial charge in [0.05, 0.1) is 12.0 Å². The van der Waals surface area contributed by atoms with Gasteiger partial charge >= 0.3 is 0 Å². The molecule has 1 saturated heterocycles. The van der Waals surface area contributed by atoms with Crippen molar-refractivity contribution in [1.29, 1.82) is 0 Å². The monoisotopic (exact) mass is 351 g/mol. The van der Waals surface area contributed by atoms with Gasteiger partial charge in [0.15, 0.2) is 5.78 Å². The van der Waals surface area contributed by atoms with E-state index < -0.39 is 5.60 Å². The van der Waals surface area contributed by atoms with E-state index >= 15 is 0 Å². The number of ketones is 1. The number of benzene rings is 1. The lowest BCUT2D eigenvalue weighted by atomic mass is 9.82. The van der Waals surface area contributed by atoms with Gasteiger partial charge in [-0.25, -0.2) is 0 Å². The number of Topliss-reactive ketones (excluding diaryl/α,β-unsaturated/α-hetero) is 1. The third-order valence-electron chi connectivity index (χ3n) is 4.33. The summed E-state index contributed by atoms with van der Waals surface area (Å²) in [7, 11) is 0. The summed E-state index contributed by atoms with van der Waals surface area (Å²) in [5.74, 6) is 1.01. The summed E-state index contributed by atoms with van der Waals surface area (Å²) in [4.78, 5) is 26.1. The predicted molar refractivity (Wildman–Crippen MR) is 83.0 cm³/mol. The van der Waals surface area contributed by atoms with Crippen LogP contribution in [0.3, 0.4) is 0 Å². The average molecular weight is 352 g/mol. The molecule has 112 valence electrons. The molecule has 0 aliphatic carbocycles. The number of amides is 1. The molecule has 1 aromatic carbocycles. The van der Waals surface area contributed by atoms with Crippen LogP contribution in [0.15, 0.2) is 24.3 Å². The second kappa shape index (κ2) is 5.79. The number of nitrogens with zero attached hydrogens (tertiary/aromatic N) is 1. The molecule has 4 nitrogen and oxygen atoms in total. The maximum atomic E-state index is 12.3. The zero-order valence-corrected chi connectivity index (χ0v) is 13.4. The lowest BCUT2D eigenvalue weighted by molar-refractivity contribution is -0.134. The summed E-state index contributed by atoms with van der Waals surface area (Å²) in [6, 6.07) is 7.43. The molecule has 1 fully saturated rings. The Balaban J connectivity index is 1.72. The molecule has 0 radical (unpaired) electrons. The topological polar surface area (TPSA) is 46.6 Å². The molecule has 0 unspecified atom stereocenters. The summed E-state index contributed by atoms with van der Waals surface area (Å²) in [5, 5.41) is 0.690. The molecule has 1 aromatic rings. The lowest BCUT2D eigenvalue weighted by Crippen LogP contribution is -2.52. The number of piperidine rings is 1. The summed E-state index contributed by atoms with van der Waals surface area (Å²) in [6.45, 7) is 1.34. The largest absolute Gasteiger partial charge is 0.486 e. The van der Waals surface area contributed by atoms with Crippen LogP contribution in [-0.2, 0) is 4.79 Å². The van der Waals surface area contributed by atoms with Gasteiger partial charge in [0.1, 0.15) is 11.4 Å². The fourth-order valence-corrected chi connectivity index (χ4v) is 3.46. The van der Waals surface area contributed by atoms with Crippen molar-refractivity contribution in [2.75, 3.05) is 18.4 Å². The minimum atomic E-state index is -0.420. The van der Waals surface area contributed by atoms with E-state index in [2.05, 4.69) is 15.9 Å². The van der Waals surface area contributed by atoms with Crippen LogP contribution < -0.4 is 4.74 Å². The molecule has 5 heteroatoms. The van der Waals surface area contributed by atoms with Crippen molar-refractivity contribution in [2.24, 2.45) is 0 Å². The number of ether oxygens (including phenoxy) is 1. The molecule has 0 bridgehead atoms. The molecular weight excluding hydrogens is 334 g/mol. The smallest absolute Gasteiger partial charge is 0.223 e. The third kappa shape index (κ3) is 2.84. The first-order valence-electron chi connectivity index (χ1n) is 7.28. The quantitative estimate of drug-likeness (QED) is 0.769. The first kappa shape index (κ1) is 14.6. The van der Waals surface area contributed by atoms with Crippen LogP contribution >= 0.6 is 15.9 Å². The Morgan fingerprint density at radius 2 is 2.00 bits per heavy atom. The van der Waals surface area contributed by atoms with Crippen LogP contribution in [0.2, 0.25) is 0 Å². The Hall–Kier alpha value is -1.36. The molecule has 0 N–H and O–H groups in total. The maximum Gasteiger partial charge on any atom is 0.223 e. The lowest BCUT2D eigenvalue weighted by Gasteiger charge is -2.44. The number of alkyl halides is 1. The van der Waals surface area contributed by atoms with Gasteiger partial charge in [0, 0.05) is 37.7 Å². The van der Waals surface area contributed by atoms with Gasteiger partial charge < -0.3 is 9.64 Å². The highest BCUT2D eigenvalue weighted by atomic mass is 79.9. The molecule has 21 heavy (non-hydrogen) atoms. The first-order valence-corrected chi connectivity index (χ1v) is 8.41. The van der Waals surface area contributed by atoms with Crippen molar-refractivity contribution in [2.45, 2.75) is 31.3 Å². The SMILES string of the molecule is O=C1CC2(CCN(C(=O)CCBr)CC2)Oc2ccccc21. The van der Waals surface area contributed by atoms with E-state index in [1.807, 2.05) is 29.2 Å². The summed E-state index contributed by atoms with van der Waals surface area (Å²) >= 11 is 3.30. The number of carbonyl (C=O) groups excluding carboxylic acids is 2. The Morgan fingerprint density at radius 3 is 2.71 bits per heavy atom. The molecule has 2 heterocycles. The van der Waals surface area contributed by atoms with Crippen molar-refractivity contribution in [1.82, 2.24) is 4.90 Å². The number of carbonyl (C=O) groups is 2. The Bertz CT molecular complexity index is 564. The fraction of sp³-hybridized carbons (Fsp3) is 0.500. The van der Waals surface area contributed by atoms with Gasteiger partial charge in [-0.05, 0) is 12.1 Å². The number of likely N-dealkylation sites (tertiary alicyclic amines) is 1. The molecular formula is C16H18BrNO3. The van der Waals surface area contributed by atoms with E-state index in [0.717, 1.165) is 12.8 Å². The summed E-state index contributed by atoms with van der Waals surface area (Å²) in [6.07, 6.45) is 2.39. The third-order valence-corrected chi connectivity index (χ3v) is 4.73. The molecule has 3 rings (SSSR count). The average Bonchev–Trinajstić information content (AvgIpc) is 2.48. The Labute approximate surface area is 132 Å². The second-order valence-electron chi connectivity index (χ2n) is 5.70. The van der Waals surface area contributed by atoms with Crippen molar-refractivity contribution in [3.8, 4) is 5.75 Å². The number of rotatable bonds is 2. The van der Waals surface area contributed by atoms with Gasteiger partial charge in [-0.3, -0.25) is 9.59 Å². The fourth-order valence-electron chi connectivity index (χ4n) is 3.12. The minimum absolute atomic E-state index is 0.150. The minimum Gasteiger partial charge on any atom is -0.486 e. The van der Waals surface area contributed by atoms with Gasteiger partial charge in [0.2, 0.25) is 5.91 Å². The van der Waals surface area contributed by atoms with E-state index in [1.165, 1.54) is 0 Å². The molecule has 2 aliphatic heterocycles. The van der Waals surface area contributed by atoms with E-state index in [1.54, 1.807) is 0 Å². The Morgan fingerprint density at radius 1 is 1.29 bits per heavy atom. The van der Waals surface area contributed by atoms with E-state index in [-0.39, 0.29) is 11.7 Å². The summed E-state index contributed by atoms with van der Waals surface area (Å²) in [5.41, 5.74) is 0.261. The van der Waals surface area contributed by atoms with Crippen molar-refractivity contribution < 1.29 is 14.3 Å². The zero-order valence-electron chi connectivity index (χ0n) is 11.8. The summed E-state index contributed by atoms with van der Waals surface area (Å²) < 4.78 is 6.15. The molecule has 2 aliphatic rings. The van der Waals surface area contributed by atoms with Crippen LogP contribution in [0.5, 0.6) is 5.75 Å². The number of fused-ring (bicyclic) bond motifs is 1. The van der Waals surface area contributed by atoms with Crippen LogP contribution in [0.4, 0.5) is 0 Å². The molecule has 0 aromatic heterocycles. The second-order valence-corrected chi connectivity index (χ2v) is 6.49. The normalized spacial score (nSPS) is 20.0. The number of para-hydroxylation sites is 1. The number of halogens is 1. The van der Waals surface area contributed by atoms with Gasteiger partial charge in [-0.2, -0.15) is 0 Å². The van der Waals surface area contributed by atoms with Crippen molar-refractivity contribution in [3.05, 3.63) is 29.8 Å². The predicted octanol–water partition coefficient (Wildman–Crippen LogP) is 2.80. The van der Waals surface area contributed by atoms with Gasteiger partial charge in [-0.15, -0.1) is 0 Å². The molecule has 1 amide bonds. The standard InChI is InChI=1S/C16H18BrNO3/c17-8-5-15(20)18-9-6-16(7-10-18)11-13(19)12-3-1-2-4-14(12)21-16/h1-4H,5-11H2. The zero-order chi connectivity index (χ0) is 14.9. The highest BCUT2D eigenvalue weighted by Gasteiger charge is 2.43. The first-order chi connectivity index (χ1) is 10.1.